The Hall–Kier alpha value is -1.25. The van der Waals surface area contributed by atoms with Gasteiger partial charge in [0, 0.05) is 12.1 Å². The maximum absolute atomic E-state index is 5.37. The first-order valence-electron chi connectivity index (χ1n) is 6.16. The van der Waals surface area contributed by atoms with Crippen LogP contribution in [0, 0.1) is 0 Å². The monoisotopic (exact) mass is 222 g/mol. The SMILES string of the molecule is CCCC(CC)Nc1cccc(OCC)n1. The van der Waals surface area contributed by atoms with Gasteiger partial charge in [-0.25, -0.2) is 0 Å². The summed E-state index contributed by atoms with van der Waals surface area (Å²) >= 11 is 0. The second kappa shape index (κ2) is 7.09. The second-order valence-electron chi connectivity index (χ2n) is 3.83. The number of rotatable bonds is 7. The van der Waals surface area contributed by atoms with Crippen LogP contribution >= 0.6 is 0 Å². The smallest absolute Gasteiger partial charge is 0.215 e. The van der Waals surface area contributed by atoms with Crippen molar-refractivity contribution in [2.24, 2.45) is 0 Å². The zero-order valence-electron chi connectivity index (χ0n) is 10.5. The quantitative estimate of drug-likeness (QED) is 0.767. The van der Waals surface area contributed by atoms with Crippen molar-refractivity contribution in [3.8, 4) is 5.88 Å². The molecule has 3 heteroatoms. The molecule has 1 aromatic rings. The first kappa shape index (κ1) is 12.8. The first-order valence-corrected chi connectivity index (χ1v) is 6.16. The molecule has 0 fully saturated rings. The summed E-state index contributed by atoms with van der Waals surface area (Å²) in [5, 5.41) is 3.44. The van der Waals surface area contributed by atoms with Crippen molar-refractivity contribution >= 4 is 5.82 Å². The van der Waals surface area contributed by atoms with Gasteiger partial charge < -0.3 is 10.1 Å². The number of nitrogens with zero attached hydrogens (tertiary/aromatic N) is 1. The minimum absolute atomic E-state index is 0.509. The molecule has 90 valence electrons. The lowest BCUT2D eigenvalue weighted by atomic mass is 10.1. The normalized spacial score (nSPS) is 12.2. The highest BCUT2D eigenvalue weighted by molar-refractivity contribution is 5.38. The molecule has 1 N–H and O–H groups in total. The van der Waals surface area contributed by atoms with E-state index >= 15 is 0 Å². The van der Waals surface area contributed by atoms with Crippen LogP contribution in [0.25, 0.3) is 0 Å². The topological polar surface area (TPSA) is 34.1 Å². The van der Waals surface area contributed by atoms with E-state index in [9.17, 15) is 0 Å². The number of ether oxygens (including phenoxy) is 1. The highest BCUT2D eigenvalue weighted by Crippen LogP contribution is 2.14. The van der Waals surface area contributed by atoms with Crippen LogP contribution in [0.1, 0.15) is 40.0 Å². The third-order valence-corrected chi connectivity index (χ3v) is 2.50. The van der Waals surface area contributed by atoms with Gasteiger partial charge in [-0.15, -0.1) is 0 Å². The lowest BCUT2D eigenvalue weighted by Crippen LogP contribution is -2.18. The summed E-state index contributed by atoms with van der Waals surface area (Å²) < 4.78 is 5.37. The average Bonchev–Trinajstić information content (AvgIpc) is 2.29. The molecule has 0 bridgehead atoms. The van der Waals surface area contributed by atoms with E-state index in [4.69, 9.17) is 4.74 Å². The minimum Gasteiger partial charge on any atom is -0.478 e. The predicted molar refractivity (Wildman–Crippen MR) is 68.0 cm³/mol. The molecule has 0 aromatic carbocycles. The van der Waals surface area contributed by atoms with Crippen LogP contribution in [-0.4, -0.2) is 17.6 Å². The van der Waals surface area contributed by atoms with E-state index < -0.39 is 0 Å². The summed E-state index contributed by atoms with van der Waals surface area (Å²) in [6, 6.07) is 6.35. The fraction of sp³-hybridized carbons (Fsp3) is 0.615. The van der Waals surface area contributed by atoms with E-state index in [0.717, 1.165) is 12.2 Å². The van der Waals surface area contributed by atoms with Gasteiger partial charge in [0.1, 0.15) is 5.82 Å². The van der Waals surface area contributed by atoms with Crippen LogP contribution < -0.4 is 10.1 Å². The van der Waals surface area contributed by atoms with Gasteiger partial charge in [-0.05, 0) is 25.8 Å². The molecule has 0 saturated heterocycles. The molecule has 0 saturated carbocycles. The van der Waals surface area contributed by atoms with Gasteiger partial charge in [-0.2, -0.15) is 4.98 Å². The summed E-state index contributed by atoms with van der Waals surface area (Å²) in [6.45, 7) is 7.02. The third kappa shape index (κ3) is 4.09. The molecular weight excluding hydrogens is 200 g/mol. The molecule has 0 amide bonds. The molecular formula is C13H22N2O. The number of pyridine rings is 1. The number of nitrogens with one attached hydrogen (secondary N) is 1. The van der Waals surface area contributed by atoms with E-state index in [1.807, 2.05) is 25.1 Å². The minimum atomic E-state index is 0.509. The lowest BCUT2D eigenvalue weighted by molar-refractivity contribution is 0.327. The summed E-state index contributed by atoms with van der Waals surface area (Å²) in [5.74, 6) is 1.60. The Morgan fingerprint density at radius 3 is 2.75 bits per heavy atom. The maximum atomic E-state index is 5.37. The fourth-order valence-electron chi connectivity index (χ4n) is 1.66. The van der Waals surface area contributed by atoms with Crippen LogP contribution in [-0.2, 0) is 0 Å². The largest absolute Gasteiger partial charge is 0.478 e. The highest BCUT2D eigenvalue weighted by atomic mass is 16.5. The predicted octanol–water partition coefficient (Wildman–Crippen LogP) is 3.47. The Morgan fingerprint density at radius 2 is 2.12 bits per heavy atom. The molecule has 1 rings (SSSR count). The van der Waals surface area contributed by atoms with Crippen molar-refractivity contribution in [3.05, 3.63) is 18.2 Å². The molecule has 0 radical (unpaired) electrons. The van der Waals surface area contributed by atoms with Gasteiger partial charge in [-0.3, -0.25) is 0 Å². The zero-order chi connectivity index (χ0) is 11.8. The van der Waals surface area contributed by atoms with Crippen LogP contribution in [0.15, 0.2) is 18.2 Å². The van der Waals surface area contributed by atoms with E-state index in [0.29, 0.717) is 18.5 Å². The lowest BCUT2D eigenvalue weighted by Gasteiger charge is -2.17. The zero-order valence-corrected chi connectivity index (χ0v) is 10.5. The third-order valence-electron chi connectivity index (χ3n) is 2.50. The van der Waals surface area contributed by atoms with Gasteiger partial charge in [0.25, 0.3) is 0 Å². The van der Waals surface area contributed by atoms with Gasteiger partial charge >= 0.3 is 0 Å². The number of hydrogen-bond donors (Lipinski definition) is 1. The number of aromatic nitrogens is 1. The Balaban J connectivity index is 2.60. The fourth-order valence-corrected chi connectivity index (χ4v) is 1.66. The molecule has 0 spiro atoms. The van der Waals surface area contributed by atoms with E-state index in [2.05, 4.69) is 24.1 Å². The van der Waals surface area contributed by atoms with Gasteiger partial charge in [0.05, 0.1) is 6.61 Å². The molecule has 0 aliphatic heterocycles. The van der Waals surface area contributed by atoms with Gasteiger partial charge in [0.2, 0.25) is 5.88 Å². The van der Waals surface area contributed by atoms with Crippen molar-refractivity contribution in [2.45, 2.75) is 46.1 Å². The van der Waals surface area contributed by atoms with Crippen molar-refractivity contribution in [2.75, 3.05) is 11.9 Å². The van der Waals surface area contributed by atoms with Crippen molar-refractivity contribution in [1.82, 2.24) is 4.98 Å². The summed E-state index contributed by atoms with van der Waals surface area (Å²) in [5.41, 5.74) is 0. The standard InChI is InChI=1S/C13H22N2O/c1-4-8-11(5-2)14-12-9-7-10-13(15-12)16-6-3/h7,9-11H,4-6,8H2,1-3H3,(H,14,15). The average molecular weight is 222 g/mol. The van der Waals surface area contributed by atoms with Crippen LogP contribution in [0.4, 0.5) is 5.82 Å². The van der Waals surface area contributed by atoms with Crippen molar-refractivity contribution in [3.63, 3.8) is 0 Å². The Labute approximate surface area is 98.2 Å². The van der Waals surface area contributed by atoms with E-state index in [1.54, 1.807) is 0 Å². The number of hydrogen-bond acceptors (Lipinski definition) is 3. The number of anilines is 1. The Bertz CT molecular complexity index is 302. The maximum Gasteiger partial charge on any atom is 0.215 e. The molecule has 1 heterocycles. The van der Waals surface area contributed by atoms with Crippen LogP contribution in [0.2, 0.25) is 0 Å². The second-order valence-corrected chi connectivity index (χ2v) is 3.83. The van der Waals surface area contributed by atoms with Crippen LogP contribution in [0.5, 0.6) is 5.88 Å². The van der Waals surface area contributed by atoms with Gasteiger partial charge in [0.15, 0.2) is 0 Å². The van der Waals surface area contributed by atoms with Gasteiger partial charge in [-0.1, -0.05) is 26.3 Å². The molecule has 1 unspecified atom stereocenters. The molecule has 0 aliphatic rings. The molecule has 16 heavy (non-hydrogen) atoms. The Kier molecular flexibility index (Phi) is 5.68. The molecule has 0 aliphatic carbocycles. The van der Waals surface area contributed by atoms with E-state index in [-0.39, 0.29) is 0 Å². The first-order chi connectivity index (χ1) is 7.80. The van der Waals surface area contributed by atoms with Crippen LogP contribution in [0.3, 0.4) is 0 Å². The van der Waals surface area contributed by atoms with E-state index in [1.165, 1.54) is 12.8 Å². The summed E-state index contributed by atoms with van der Waals surface area (Å²) in [6.07, 6.45) is 3.49. The summed E-state index contributed by atoms with van der Waals surface area (Å²) in [4.78, 5) is 4.40. The summed E-state index contributed by atoms with van der Waals surface area (Å²) in [7, 11) is 0. The molecule has 1 atom stereocenters. The Morgan fingerprint density at radius 1 is 1.31 bits per heavy atom. The van der Waals surface area contributed by atoms with Crippen molar-refractivity contribution < 1.29 is 4.74 Å². The van der Waals surface area contributed by atoms with Crippen molar-refractivity contribution in [1.29, 1.82) is 0 Å². The molecule has 3 nitrogen and oxygen atoms in total. The highest BCUT2D eigenvalue weighted by Gasteiger charge is 2.05. The molecule has 1 aromatic heterocycles.